The first-order valence-corrected chi connectivity index (χ1v) is 9.10. The molecule has 0 unspecified atom stereocenters. The molecule has 1 saturated heterocycles. The predicted molar refractivity (Wildman–Crippen MR) is 86.1 cm³/mol. The number of halogens is 1. The van der Waals surface area contributed by atoms with Crippen LogP contribution in [0.3, 0.4) is 0 Å². The van der Waals surface area contributed by atoms with Crippen molar-refractivity contribution in [2.75, 3.05) is 13.1 Å². The van der Waals surface area contributed by atoms with Gasteiger partial charge in [0.05, 0.1) is 4.90 Å². The van der Waals surface area contributed by atoms with Crippen molar-refractivity contribution in [2.45, 2.75) is 30.6 Å². The molecule has 0 bridgehead atoms. The lowest BCUT2D eigenvalue weighted by Gasteiger charge is -2.30. The van der Waals surface area contributed by atoms with E-state index in [0.29, 0.717) is 36.8 Å². The summed E-state index contributed by atoms with van der Waals surface area (Å²) in [6.07, 6.45) is 1.22. The number of benzene rings is 1. The van der Waals surface area contributed by atoms with Crippen LogP contribution in [-0.2, 0) is 10.0 Å². The Bertz CT molecular complexity index is 866. The van der Waals surface area contributed by atoms with Crippen LogP contribution in [0, 0.1) is 6.92 Å². The number of sulfonamides is 1. The van der Waals surface area contributed by atoms with Gasteiger partial charge in [0.1, 0.15) is 5.82 Å². The maximum Gasteiger partial charge on any atom is 0.340 e. The van der Waals surface area contributed by atoms with Crippen LogP contribution >= 0.6 is 11.6 Å². The van der Waals surface area contributed by atoms with Crippen LogP contribution in [0.5, 0.6) is 0 Å². The lowest BCUT2D eigenvalue weighted by atomic mass is 9.98. The first kappa shape index (κ1) is 16.2. The van der Waals surface area contributed by atoms with E-state index in [2.05, 4.69) is 15.2 Å². The Hall–Kier alpha value is -1.64. The monoisotopic (exact) mass is 356 g/mol. The minimum absolute atomic E-state index is 0.0574. The van der Waals surface area contributed by atoms with Crippen molar-refractivity contribution < 1.29 is 8.42 Å². The fraction of sp³-hybridized carbons (Fsp3) is 0.429. The highest BCUT2D eigenvalue weighted by Crippen LogP contribution is 2.29. The fourth-order valence-electron chi connectivity index (χ4n) is 2.73. The molecular weight excluding hydrogens is 340 g/mol. The van der Waals surface area contributed by atoms with Gasteiger partial charge in [0.25, 0.3) is 0 Å². The van der Waals surface area contributed by atoms with E-state index in [9.17, 15) is 13.2 Å². The minimum atomic E-state index is -3.55. The Morgan fingerprint density at radius 1 is 1.30 bits per heavy atom. The Labute approximate surface area is 138 Å². The number of H-pyrrole nitrogens is 2. The number of aryl methyl sites for hydroxylation is 1. The molecule has 2 heterocycles. The van der Waals surface area contributed by atoms with Gasteiger partial charge in [-0.25, -0.2) is 18.3 Å². The molecule has 1 aliphatic heterocycles. The summed E-state index contributed by atoms with van der Waals surface area (Å²) in [5.41, 5.74) is 0.496. The molecule has 0 amide bonds. The number of piperidine rings is 1. The number of nitrogens with one attached hydrogen (secondary N) is 2. The second-order valence-electron chi connectivity index (χ2n) is 5.65. The van der Waals surface area contributed by atoms with Gasteiger partial charge in [-0.3, -0.25) is 4.98 Å². The van der Waals surface area contributed by atoms with Crippen LogP contribution in [0.2, 0.25) is 5.02 Å². The molecule has 1 fully saturated rings. The minimum Gasteiger partial charge on any atom is -0.293 e. The maximum atomic E-state index is 12.7. The third kappa shape index (κ3) is 3.19. The summed E-state index contributed by atoms with van der Waals surface area (Å²) in [5, 5.41) is 6.70. The van der Waals surface area contributed by atoms with Crippen molar-refractivity contribution in [1.29, 1.82) is 0 Å². The van der Waals surface area contributed by atoms with Gasteiger partial charge < -0.3 is 0 Å². The Morgan fingerprint density at radius 3 is 2.57 bits per heavy atom. The summed E-state index contributed by atoms with van der Waals surface area (Å²) in [5.74, 6) is 0.646. The zero-order valence-corrected chi connectivity index (χ0v) is 14.1. The van der Waals surface area contributed by atoms with Crippen molar-refractivity contribution in [3.8, 4) is 0 Å². The van der Waals surface area contributed by atoms with E-state index in [1.165, 1.54) is 10.4 Å². The number of aromatic amines is 2. The summed E-state index contributed by atoms with van der Waals surface area (Å²) in [7, 11) is -3.55. The lowest BCUT2D eigenvalue weighted by molar-refractivity contribution is 0.313. The predicted octanol–water partition coefficient (Wildman–Crippen LogP) is 1.63. The first-order chi connectivity index (χ1) is 10.9. The molecule has 0 spiro atoms. The molecule has 0 radical (unpaired) electrons. The molecule has 1 aliphatic rings. The summed E-state index contributed by atoms with van der Waals surface area (Å²) >= 11 is 6.04. The van der Waals surface area contributed by atoms with Gasteiger partial charge in [-0.2, -0.15) is 9.40 Å². The maximum absolute atomic E-state index is 12.7. The molecule has 9 heteroatoms. The molecule has 0 atom stereocenters. The fourth-order valence-corrected chi connectivity index (χ4v) is 4.47. The van der Waals surface area contributed by atoms with E-state index in [-0.39, 0.29) is 16.5 Å². The van der Waals surface area contributed by atoms with Crippen LogP contribution in [0.1, 0.15) is 30.1 Å². The average molecular weight is 357 g/mol. The number of hydrogen-bond acceptors (Lipinski definition) is 4. The van der Waals surface area contributed by atoms with Crippen LogP contribution in [-0.4, -0.2) is 41.0 Å². The molecule has 7 nitrogen and oxygen atoms in total. The highest BCUT2D eigenvalue weighted by atomic mass is 35.5. The molecule has 124 valence electrons. The zero-order chi connectivity index (χ0) is 16.6. The molecule has 2 aromatic rings. The van der Waals surface area contributed by atoms with Crippen molar-refractivity contribution in [1.82, 2.24) is 19.5 Å². The third-order valence-electron chi connectivity index (χ3n) is 4.14. The molecule has 2 N–H and O–H groups in total. The van der Waals surface area contributed by atoms with Gasteiger partial charge in [-0.1, -0.05) is 17.7 Å². The van der Waals surface area contributed by atoms with Gasteiger partial charge in [0.2, 0.25) is 10.0 Å². The zero-order valence-electron chi connectivity index (χ0n) is 12.5. The highest BCUT2D eigenvalue weighted by Gasteiger charge is 2.31. The van der Waals surface area contributed by atoms with Crippen molar-refractivity contribution in [3.63, 3.8) is 0 Å². The van der Waals surface area contributed by atoms with Crippen LogP contribution < -0.4 is 5.69 Å². The van der Waals surface area contributed by atoms with E-state index >= 15 is 0 Å². The molecule has 3 rings (SSSR count). The number of hydrogen-bond donors (Lipinski definition) is 2. The van der Waals surface area contributed by atoms with Gasteiger partial charge >= 0.3 is 5.69 Å². The van der Waals surface area contributed by atoms with E-state index in [1.54, 1.807) is 12.1 Å². The summed E-state index contributed by atoms with van der Waals surface area (Å²) < 4.78 is 26.8. The van der Waals surface area contributed by atoms with Gasteiger partial charge in [0.15, 0.2) is 0 Å². The normalized spacial score (nSPS) is 17.5. The second kappa shape index (κ2) is 6.10. The summed E-state index contributed by atoms with van der Waals surface area (Å²) in [4.78, 5) is 14.0. The van der Waals surface area contributed by atoms with Crippen molar-refractivity contribution in [3.05, 3.63) is 45.1 Å². The number of nitrogens with zero attached hydrogens (tertiary/aromatic N) is 2. The third-order valence-corrected chi connectivity index (χ3v) is 6.44. The number of rotatable bonds is 3. The van der Waals surface area contributed by atoms with E-state index in [4.69, 9.17) is 11.6 Å². The average Bonchev–Trinajstić information content (AvgIpc) is 2.96. The second-order valence-corrected chi connectivity index (χ2v) is 8.00. The highest BCUT2D eigenvalue weighted by molar-refractivity contribution is 7.89. The smallest absolute Gasteiger partial charge is 0.293 e. The van der Waals surface area contributed by atoms with Crippen LogP contribution in [0.25, 0.3) is 0 Å². The topological polar surface area (TPSA) is 98.9 Å². The summed E-state index contributed by atoms with van der Waals surface area (Å²) in [6.45, 7) is 2.59. The van der Waals surface area contributed by atoms with Crippen molar-refractivity contribution >= 4 is 21.6 Å². The molecule has 0 saturated carbocycles. The SMILES string of the molecule is Cc1ccc(S(=O)(=O)N2CCC(c3n[nH]c(=O)[nH]3)CC2)cc1Cl. The van der Waals surface area contributed by atoms with Gasteiger partial charge in [-0.15, -0.1) is 0 Å². The Kier molecular flexibility index (Phi) is 4.31. The van der Waals surface area contributed by atoms with Gasteiger partial charge in [0, 0.05) is 24.0 Å². The van der Waals surface area contributed by atoms with E-state index < -0.39 is 10.0 Å². The largest absolute Gasteiger partial charge is 0.340 e. The Balaban J connectivity index is 1.75. The van der Waals surface area contributed by atoms with Gasteiger partial charge in [-0.05, 0) is 37.5 Å². The van der Waals surface area contributed by atoms with Crippen LogP contribution in [0.4, 0.5) is 0 Å². The molecule has 0 aliphatic carbocycles. The van der Waals surface area contributed by atoms with E-state index in [1.807, 2.05) is 6.92 Å². The molecule has 23 heavy (non-hydrogen) atoms. The summed E-state index contributed by atoms with van der Waals surface area (Å²) in [6, 6.07) is 4.77. The van der Waals surface area contributed by atoms with Crippen LogP contribution in [0.15, 0.2) is 27.9 Å². The molecule has 1 aromatic carbocycles. The standard InChI is InChI=1S/C14H17ClN4O3S/c1-9-2-3-11(8-12(9)15)23(21,22)19-6-4-10(5-7-19)13-16-14(20)18-17-13/h2-3,8,10H,4-7H2,1H3,(H2,16,17,18,20). The van der Waals surface area contributed by atoms with E-state index in [0.717, 1.165) is 5.56 Å². The Morgan fingerprint density at radius 2 is 2.00 bits per heavy atom. The lowest BCUT2D eigenvalue weighted by Crippen LogP contribution is -2.38. The quantitative estimate of drug-likeness (QED) is 0.873. The number of aromatic nitrogens is 3. The first-order valence-electron chi connectivity index (χ1n) is 7.29. The van der Waals surface area contributed by atoms with Crippen molar-refractivity contribution in [2.24, 2.45) is 0 Å². The molecular formula is C14H17ClN4O3S. The molecule has 1 aromatic heterocycles.